The van der Waals surface area contributed by atoms with E-state index < -0.39 is 17.9 Å². The third-order valence-corrected chi connectivity index (χ3v) is 4.09. The monoisotopic (exact) mass is 534 g/mol. The molecule has 0 aromatic heterocycles. The van der Waals surface area contributed by atoms with Crippen molar-refractivity contribution >= 4 is 35.3 Å². The standard InChI is InChI=1S/3C9H14O3.Al/c3*1-8(10)6-4-2-3-5-7-9(11)12;/h3*8,10H,2-4,6H2,1H3,(H,11,12);/q;;;+3/p-3. The smallest absolute Gasteiger partial charge is 0.537 e. The van der Waals surface area contributed by atoms with Crippen LogP contribution < -0.4 is 15.3 Å². The Morgan fingerprint density at radius 3 is 0.919 bits per heavy atom. The number of aliphatic hydroxyl groups is 3. The topological polar surface area (TPSA) is 181 Å². The van der Waals surface area contributed by atoms with Gasteiger partial charge in [0.1, 0.15) is 17.9 Å². The number of unbranched alkanes of at least 4 members (excludes halogenated alkanes) is 6. The maximum Gasteiger partial charge on any atom is 3.00 e. The van der Waals surface area contributed by atoms with Crippen molar-refractivity contribution in [3.05, 3.63) is 0 Å². The van der Waals surface area contributed by atoms with Crippen molar-refractivity contribution in [2.75, 3.05) is 0 Å². The van der Waals surface area contributed by atoms with Crippen LogP contribution in [0.5, 0.6) is 0 Å². The summed E-state index contributed by atoms with van der Waals surface area (Å²) in [7, 11) is 0. The summed E-state index contributed by atoms with van der Waals surface area (Å²) in [6.07, 6.45) is 8.16. The van der Waals surface area contributed by atoms with E-state index in [9.17, 15) is 29.7 Å². The Balaban J connectivity index is -0.000000218. The normalized spacial score (nSPS) is 11.2. The second-order valence-corrected chi connectivity index (χ2v) is 8.05. The molecular weight excluding hydrogens is 495 g/mol. The minimum absolute atomic E-state index is 0. The van der Waals surface area contributed by atoms with Crippen LogP contribution in [0.2, 0.25) is 0 Å². The second kappa shape index (κ2) is 31.5. The molecule has 204 valence electrons. The van der Waals surface area contributed by atoms with E-state index >= 15 is 0 Å². The zero-order chi connectivity index (χ0) is 28.2. The quantitative estimate of drug-likeness (QED) is 0.155. The maximum atomic E-state index is 9.82. The van der Waals surface area contributed by atoms with Crippen molar-refractivity contribution in [3.63, 3.8) is 0 Å². The molecule has 0 amide bonds. The molecule has 3 atom stereocenters. The minimum Gasteiger partial charge on any atom is -0.537 e. The predicted molar refractivity (Wildman–Crippen MR) is 135 cm³/mol. The summed E-state index contributed by atoms with van der Waals surface area (Å²) in [6.45, 7) is 5.19. The van der Waals surface area contributed by atoms with Gasteiger partial charge < -0.3 is 45.0 Å². The number of carbonyl (C=O) groups excluding carboxylic acids is 3. The fourth-order valence-corrected chi connectivity index (χ4v) is 2.36. The van der Waals surface area contributed by atoms with Crippen LogP contribution in [-0.2, 0) is 14.4 Å². The second-order valence-electron chi connectivity index (χ2n) is 8.05. The number of carboxylic acids is 3. The molecule has 0 fully saturated rings. The molecule has 0 aliphatic heterocycles. The van der Waals surface area contributed by atoms with E-state index in [-0.39, 0.29) is 35.7 Å². The molecule has 0 aliphatic carbocycles. The van der Waals surface area contributed by atoms with Crippen molar-refractivity contribution in [2.45, 2.75) is 116 Å². The predicted octanol–water partition coefficient (Wildman–Crippen LogP) is -1.34. The molecule has 0 bridgehead atoms. The number of aliphatic hydroxyl groups excluding tert-OH is 3. The van der Waals surface area contributed by atoms with Crippen LogP contribution in [0.3, 0.4) is 0 Å². The molecule has 0 saturated heterocycles. The summed E-state index contributed by atoms with van der Waals surface area (Å²) < 4.78 is 0. The van der Waals surface area contributed by atoms with Gasteiger partial charge in [0.15, 0.2) is 0 Å². The Labute approximate surface area is 231 Å². The Morgan fingerprint density at radius 2 is 0.757 bits per heavy atom. The molecule has 10 heteroatoms. The van der Waals surface area contributed by atoms with Gasteiger partial charge in [0.05, 0.1) is 18.3 Å². The van der Waals surface area contributed by atoms with E-state index in [1.165, 1.54) is 0 Å². The van der Waals surface area contributed by atoms with Crippen LogP contribution in [0, 0.1) is 35.5 Å². The number of carbonyl (C=O) groups is 3. The summed E-state index contributed by atoms with van der Waals surface area (Å²) in [5.41, 5.74) is 0. The minimum atomic E-state index is -1.33. The average molecular weight is 535 g/mol. The molecule has 3 unspecified atom stereocenters. The molecule has 0 aromatic carbocycles. The van der Waals surface area contributed by atoms with E-state index in [0.29, 0.717) is 19.3 Å². The van der Waals surface area contributed by atoms with Crippen LogP contribution in [0.25, 0.3) is 0 Å². The molecule has 0 heterocycles. The third kappa shape index (κ3) is 55.4. The zero-order valence-corrected chi connectivity index (χ0v) is 23.2. The average Bonchev–Trinajstić information content (AvgIpc) is 2.75. The van der Waals surface area contributed by atoms with E-state index in [0.717, 1.165) is 57.8 Å². The SMILES string of the molecule is CC(O)CCCCC#CC(=O)[O-].CC(O)CCCCC#CC(=O)[O-].CC(O)CCCCC#CC(=O)[O-].[Al+3]. The zero-order valence-electron chi connectivity index (χ0n) is 22.1. The van der Waals surface area contributed by atoms with Gasteiger partial charge in [0.25, 0.3) is 0 Å². The van der Waals surface area contributed by atoms with E-state index in [4.69, 9.17) is 15.3 Å². The van der Waals surface area contributed by atoms with Gasteiger partial charge in [0, 0.05) is 19.3 Å². The van der Waals surface area contributed by atoms with Gasteiger partial charge in [-0.15, -0.1) is 0 Å². The Kier molecular flexibility index (Phi) is 35.5. The summed E-state index contributed by atoms with van der Waals surface area (Å²) in [5.74, 6) is 9.19. The number of hydrogen-bond acceptors (Lipinski definition) is 9. The van der Waals surface area contributed by atoms with Crippen molar-refractivity contribution in [1.29, 1.82) is 0 Å². The number of aliphatic carboxylic acids is 3. The van der Waals surface area contributed by atoms with Gasteiger partial charge in [-0.25, -0.2) is 0 Å². The molecule has 0 aromatic rings. The van der Waals surface area contributed by atoms with Crippen molar-refractivity contribution in [3.8, 4) is 35.5 Å². The van der Waals surface area contributed by atoms with Gasteiger partial charge in [-0.05, 0) is 96.3 Å². The van der Waals surface area contributed by atoms with E-state index in [1.54, 1.807) is 20.8 Å². The third-order valence-electron chi connectivity index (χ3n) is 4.09. The van der Waals surface area contributed by atoms with Crippen LogP contribution in [0.1, 0.15) is 97.8 Å². The van der Waals surface area contributed by atoms with E-state index in [1.807, 2.05) is 17.8 Å². The Hall–Kier alpha value is -2.50. The van der Waals surface area contributed by atoms with Gasteiger partial charge in [-0.2, -0.15) is 0 Å². The molecule has 9 nitrogen and oxygen atoms in total. The van der Waals surface area contributed by atoms with Gasteiger partial charge >= 0.3 is 17.4 Å². The largest absolute Gasteiger partial charge is 3.00 e. The van der Waals surface area contributed by atoms with Crippen LogP contribution >= 0.6 is 0 Å². The molecule has 0 rings (SSSR count). The van der Waals surface area contributed by atoms with Crippen LogP contribution in [0.15, 0.2) is 0 Å². The maximum absolute atomic E-state index is 9.82. The molecule has 0 radical (unpaired) electrons. The summed E-state index contributed by atoms with van der Waals surface area (Å²) in [6, 6.07) is 0. The summed E-state index contributed by atoms with van der Waals surface area (Å²) >= 11 is 0. The Morgan fingerprint density at radius 1 is 0.541 bits per heavy atom. The fourth-order valence-electron chi connectivity index (χ4n) is 2.36. The molecule has 3 N–H and O–H groups in total. The van der Waals surface area contributed by atoms with Gasteiger partial charge in [-0.1, -0.05) is 17.8 Å². The molecule has 0 spiro atoms. The summed E-state index contributed by atoms with van der Waals surface area (Å²) in [4.78, 5) is 29.4. The number of rotatable bonds is 12. The first-order valence-corrected chi connectivity index (χ1v) is 12.0. The molecule has 37 heavy (non-hydrogen) atoms. The molecular formula is C27H39AlO9. The van der Waals surface area contributed by atoms with Crippen molar-refractivity contribution in [2.24, 2.45) is 0 Å². The van der Waals surface area contributed by atoms with Crippen molar-refractivity contribution < 1.29 is 45.0 Å². The first-order chi connectivity index (χ1) is 16.9. The fraction of sp³-hybridized carbons (Fsp3) is 0.667. The number of carboxylic acid groups (broad SMARTS) is 3. The number of hydrogen-bond donors (Lipinski definition) is 3. The van der Waals surface area contributed by atoms with Gasteiger partial charge in [0.2, 0.25) is 0 Å². The molecule has 0 saturated carbocycles. The molecule has 0 aliphatic rings. The summed E-state index contributed by atoms with van der Waals surface area (Å²) in [5, 5.41) is 56.0. The van der Waals surface area contributed by atoms with Crippen LogP contribution in [-0.4, -0.2) is 68.9 Å². The van der Waals surface area contributed by atoms with Crippen molar-refractivity contribution in [1.82, 2.24) is 0 Å². The van der Waals surface area contributed by atoms with E-state index in [2.05, 4.69) is 17.8 Å². The van der Waals surface area contributed by atoms with Crippen LogP contribution in [0.4, 0.5) is 0 Å². The van der Waals surface area contributed by atoms with Gasteiger partial charge in [-0.3, -0.25) is 0 Å². The first-order valence-electron chi connectivity index (χ1n) is 12.0. The first kappa shape index (κ1) is 41.6. The Bertz CT molecular complexity index is 668.